The van der Waals surface area contributed by atoms with E-state index in [0.29, 0.717) is 4.77 Å². The number of hydrogen-bond donors (Lipinski definition) is 1. The molecule has 0 atom stereocenters. The van der Waals surface area contributed by atoms with Gasteiger partial charge in [-0.2, -0.15) is 0 Å². The van der Waals surface area contributed by atoms with Crippen molar-refractivity contribution in [3.05, 3.63) is 85.7 Å². The fourth-order valence-electron chi connectivity index (χ4n) is 4.07. The number of rotatable bonds is 4. The molecule has 0 spiro atoms. The predicted octanol–water partition coefficient (Wildman–Crippen LogP) is 4.68. The monoisotopic (exact) mass is 435 g/mol. The molecule has 0 bridgehead atoms. The predicted molar refractivity (Wildman–Crippen MR) is 123 cm³/mol. The number of hydrogen-bond acceptors (Lipinski definition) is 5. The SMILES string of the molecule is COc1ccc(-n2c(=S)[nH]c3sc4c(c3c2=O)CCN(Cc2ccccc2)C4)cc1. The first kappa shape index (κ1) is 19.2. The summed E-state index contributed by atoms with van der Waals surface area (Å²) in [6, 6.07) is 17.9. The highest BCUT2D eigenvalue weighted by Gasteiger charge is 2.24. The molecule has 1 N–H and O–H groups in total. The van der Waals surface area contributed by atoms with E-state index in [1.165, 1.54) is 10.4 Å². The van der Waals surface area contributed by atoms with E-state index in [1.807, 2.05) is 30.3 Å². The van der Waals surface area contributed by atoms with E-state index in [1.54, 1.807) is 23.0 Å². The van der Waals surface area contributed by atoms with Crippen molar-refractivity contribution in [3.63, 3.8) is 0 Å². The number of methoxy groups -OCH3 is 1. The zero-order valence-corrected chi connectivity index (χ0v) is 18.2. The summed E-state index contributed by atoms with van der Waals surface area (Å²) in [4.78, 5) is 21.3. The van der Waals surface area contributed by atoms with Crippen LogP contribution in [0.4, 0.5) is 0 Å². The lowest BCUT2D eigenvalue weighted by Crippen LogP contribution is -2.30. The summed E-state index contributed by atoms with van der Waals surface area (Å²) in [5, 5.41) is 0.777. The van der Waals surface area contributed by atoms with Gasteiger partial charge >= 0.3 is 0 Å². The second-order valence-corrected chi connectivity index (χ2v) is 8.91. The van der Waals surface area contributed by atoms with Gasteiger partial charge in [0.1, 0.15) is 10.6 Å². The van der Waals surface area contributed by atoms with Crippen LogP contribution in [0, 0.1) is 4.77 Å². The second-order valence-electron chi connectivity index (χ2n) is 7.42. The van der Waals surface area contributed by atoms with Crippen molar-refractivity contribution < 1.29 is 4.74 Å². The van der Waals surface area contributed by atoms with Crippen LogP contribution in [-0.4, -0.2) is 28.1 Å². The number of nitrogens with zero attached hydrogens (tertiary/aromatic N) is 2. The van der Waals surface area contributed by atoms with Crippen molar-refractivity contribution >= 4 is 33.8 Å². The summed E-state index contributed by atoms with van der Waals surface area (Å²) >= 11 is 7.19. The van der Waals surface area contributed by atoms with Gasteiger partial charge in [-0.3, -0.25) is 14.3 Å². The smallest absolute Gasteiger partial charge is 0.267 e. The zero-order valence-electron chi connectivity index (χ0n) is 16.6. The first-order valence-electron chi connectivity index (χ1n) is 9.84. The van der Waals surface area contributed by atoms with E-state index in [2.05, 4.69) is 34.1 Å². The van der Waals surface area contributed by atoms with Gasteiger partial charge in [0.15, 0.2) is 4.77 Å². The van der Waals surface area contributed by atoms with Crippen molar-refractivity contribution in [1.82, 2.24) is 14.5 Å². The molecule has 7 heteroatoms. The summed E-state index contributed by atoms with van der Waals surface area (Å²) in [5.74, 6) is 0.745. The highest BCUT2D eigenvalue weighted by atomic mass is 32.1. The van der Waals surface area contributed by atoms with Crippen LogP contribution in [0.25, 0.3) is 15.9 Å². The van der Waals surface area contributed by atoms with Crippen LogP contribution in [0.1, 0.15) is 16.0 Å². The molecule has 0 saturated carbocycles. The first-order valence-corrected chi connectivity index (χ1v) is 11.1. The van der Waals surface area contributed by atoms with Gasteiger partial charge in [0.25, 0.3) is 5.56 Å². The van der Waals surface area contributed by atoms with Gasteiger partial charge in [-0.25, -0.2) is 0 Å². The molecular formula is C23H21N3O2S2. The number of thiophene rings is 1. The Morgan fingerprint density at radius 2 is 1.90 bits per heavy atom. The minimum absolute atomic E-state index is 0.0482. The van der Waals surface area contributed by atoms with Gasteiger partial charge in [0.05, 0.1) is 18.2 Å². The van der Waals surface area contributed by atoms with Gasteiger partial charge in [0, 0.05) is 24.5 Å². The molecule has 0 aliphatic carbocycles. The second kappa shape index (κ2) is 7.83. The van der Waals surface area contributed by atoms with E-state index in [0.717, 1.165) is 53.3 Å². The summed E-state index contributed by atoms with van der Waals surface area (Å²) < 4.78 is 7.22. The molecule has 1 aliphatic rings. The molecule has 30 heavy (non-hydrogen) atoms. The third-order valence-corrected chi connectivity index (χ3v) is 6.97. The Morgan fingerprint density at radius 1 is 1.13 bits per heavy atom. The number of nitrogens with one attached hydrogen (secondary N) is 1. The van der Waals surface area contributed by atoms with Crippen LogP contribution < -0.4 is 10.3 Å². The topological polar surface area (TPSA) is 50.3 Å². The molecular weight excluding hydrogens is 414 g/mol. The van der Waals surface area contributed by atoms with E-state index < -0.39 is 0 Å². The lowest BCUT2D eigenvalue weighted by Gasteiger charge is -2.26. The Hall–Kier alpha value is -2.74. The number of ether oxygens (including phenoxy) is 1. The Bertz CT molecular complexity index is 1320. The molecule has 0 amide bonds. The maximum Gasteiger partial charge on any atom is 0.267 e. The van der Waals surface area contributed by atoms with Crippen molar-refractivity contribution in [2.24, 2.45) is 0 Å². The third kappa shape index (κ3) is 3.39. The zero-order chi connectivity index (χ0) is 20.7. The Morgan fingerprint density at radius 3 is 2.63 bits per heavy atom. The van der Waals surface area contributed by atoms with Gasteiger partial charge in [-0.1, -0.05) is 30.3 Å². The molecule has 1 aliphatic heterocycles. The molecule has 2 aromatic carbocycles. The van der Waals surface area contributed by atoms with Crippen LogP contribution in [0.2, 0.25) is 0 Å². The maximum absolute atomic E-state index is 13.4. The van der Waals surface area contributed by atoms with E-state index in [-0.39, 0.29) is 5.56 Å². The number of fused-ring (bicyclic) bond motifs is 3. The highest BCUT2D eigenvalue weighted by molar-refractivity contribution is 7.71. The number of aromatic amines is 1. The molecule has 5 nitrogen and oxygen atoms in total. The van der Waals surface area contributed by atoms with Crippen LogP contribution >= 0.6 is 23.6 Å². The molecule has 2 aromatic heterocycles. The Balaban J connectivity index is 1.54. The minimum Gasteiger partial charge on any atom is -0.497 e. The van der Waals surface area contributed by atoms with Crippen LogP contribution in [-0.2, 0) is 19.5 Å². The Labute approximate surface area is 183 Å². The fourth-order valence-corrected chi connectivity index (χ4v) is 5.71. The van der Waals surface area contributed by atoms with E-state index in [9.17, 15) is 4.79 Å². The van der Waals surface area contributed by atoms with Crippen molar-refractivity contribution in [1.29, 1.82) is 0 Å². The largest absolute Gasteiger partial charge is 0.497 e. The summed E-state index contributed by atoms with van der Waals surface area (Å²) in [7, 11) is 1.62. The van der Waals surface area contributed by atoms with Crippen molar-refractivity contribution in [2.45, 2.75) is 19.5 Å². The average molecular weight is 436 g/mol. The number of H-pyrrole nitrogens is 1. The minimum atomic E-state index is -0.0482. The van der Waals surface area contributed by atoms with Gasteiger partial charge in [-0.15, -0.1) is 11.3 Å². The first-order chi connectivity index (χ1) is 14.6. The molecule has 0 radical (unpaired) electrons. The molecule has 0 fully saturated rings. The van der Waals surface area contributed by atoms with Crippen LogP contribution in [0.15, 0.2) is 59.4 Å². The Kier molecular flexibility index (Phi) is 5.02. The third-order valence-electron chi connectivity index (χ3n) is 5.56. The van der Waals surface area contributed by atoms with Crippen molar-refractivity contribution in [2.75, 3.05) is 13.7 Å². The van der Waals surface area contributed by atoms with Gasteiger partial charge in [0.2, 0.25) is 0 Å². The molecule has 3 heterocycles. The summed E-state index contributed by atoms with van der Waals surface area (Å²) in [5.41, 5.74) is 3.17. The van der Waals surface area contributed by atoms with Crippen molar-refractivity contribution in [3.8, 4) is 11.4 Å². The number of benzene rings is 2. The van der Waals surface area contributed by atoms with Crippen LogP contribution in [0.3, 0.4) is 0 Å². The normalized spacial score (nSPS) is 14.0. The summed E-state index contributed by atoms with van der Waals surface area (Å²) in [6.45, 7) is 2.71. The molecule has 5 rings (SSSR count). The lowest BCUT2D eigenvalue weighted by atomic mass is 10.0. The molecule has 4 aromatic rings. The average Bonchev–Trinajstić information content (AvgIpc) is 3.12. The quantitative estimate of drug-likeness (QED) is 0.473. The van der Waals surface area contributed by atoms with Crippen LogP contribution in [0.5, 0.6) is 5.75 Å². The highest BCUT2D eigenvalue weighted by Crippen LogP contribution is 2.33. The molecule has 0 saturated heterocycles. The number of aromatic nitrogens is 2. The standard InChI is InChI=1S/C23H21N3O2S2/c1-28-17-9-7-16(8-10-17)26-22(27)20-18-11-12-25(13-15-5-3-2-4-6-15)14-19(18)30-21(20)24-23(26)29/h2-10H,11-14H2,1H3,(H,24,29). The molecule has 152 valence electrons. The summed E-state index contributed by atoms with van der Waals surface area (Å²) in [6.07, 6.45) is 0.866. The van der Waals surface area contributed by atoms with E-state index in [4.69, 9.17) is 17.0 Å². The maximum atomic E-state index is 13.4. The lowest BCUT2D eigenvalue weighted by molar-refractivity contribution is 0.249. The van der Waals surface area contributed by atoms with E-state index >= 15 is 0 Å². The van der Waals surface area contributed by atoms with Gasteiger partial charge < -0.3 is 9.72 Å². The van der Waals surface area contributed by atoms with Gasteiger partial charge in [-0.05, 0) is 54.0 Å². The fraction of sp³-hybridized carbons (Fsp3) is 0.217. The molecule has 0 unspecified atom stereocenters.